The van der Waals surface area contributed by atoms with Crippen LogP contribution >= 0.6 is 0 Å². The van der Waals surface area contributed by atoms with Crippen molar-refractivity contribution in [3.8, 4) is 0 Å². The van der Waals surface area contributed by atoms with Crippen molar-refractivity contribution in [2.45, 2.75) is 70.1 Å². The molecular formula is C25H35N5O4Si. The Labute approximate surface area is 207 Å². The van der Waals surface area contributed by atoms with Gasteiger partial charge < -0.3 is 14.2 Å². The summed E-state index contributed by atoms with van der Waals surface area (Å²) < 4.78 is 8.22. The summed E-state index contributed by atoms with van der Waals surface area (Å²) in [5.74, 6) is 0. The molecule has 10 heteroatoms. The fraction of sp³-hybridized carbons (Fsp3) is 0.560. The van der Waals surface area contributed by atoms with Crippen LogP contribution in [0.1, 0.15) is 56.1 Å². The Morgan fingerprint density at radius 2 is 1.94 bits per heavy atom. The van der Waals surface area contributed by atoms with E-state index in [0.29, 0.717) is 26.2 Å². The first-order valence-corrected chi connectivity index (χ1v) is 15.1. The van der Waals surface area contributed by atoms with Crippen LogP contribution in [0.3, 0.4) is 0 Å². The molecule has 0 saturated carbocycles. The van der Waals surface area contributed by atoms with E-state index in [-0.39, 0.29) is 29.3 Å². The second kappa shape index (κ2) is 8.76. The number of benzene rings is 1. The third kappa shape index (κ3) is 4.28. The molecule has 1 aromatic carbocycles. The van der Waals surface area contributed by atoms with E-state index in [1.165, 1.54) is 5.06 Å². The summed E-state index contributed by atoms with van der Waals surface area (Å²) in [5, 5.41) is 10.6. The second-order valence-electron chi connectivity index (χ2n) is 11.1. The average molecular weight is 498 g/mol. The highest BCUT2D eigenvalue weighted by Gasteiger charge is 2.53. The molecule has 2 bridgehead atoms. The zero-order valence-corrected chi connectivity index (χ0v) is 22.4. The molecule has 1 aromatic heterocycles. The van der Waals surface area contributed by atoms with Gasteiger partial charge in [-0.05, 0) is 23.7 Å². The summed E-state index contributed by atoms with van der Waals surface area (Å²) in [6.07, 6.45) is 2.30. The molecule has 35 heavy (non-hydrogen) atoms. The van der Waals surface area contributed by atoms with Crippen LogP contribution in [0.25, 0.3) is 0 Å². The first kappa shape index (κ1) is 24.0. The minimum absolute atomic E-state index is 0.127. The predicted molar refractivity (Wildman–Crippen MR) is 134 cm³/mol. The van der Waals surface area contributed by atoms with Gasteiger partial charge in [-0.2, -0.15) is 10.2 Å². The van der Waals surface area contributed by atoms with Crippen molar-refractivity contribution in [1.29, 1.82) is 0 Å². The topological polar surface area (TPSA) is 81.4 Å². The van der Waals surface area contributed by atoms with E-state index >= 15 is 0 Å². The normalized spacial score (nSPS) is 24.0. The second-order valence-corrected chi connectivity index (χ2v) is 15.9. The van der Waals surface area contributed by atoms with Gasteiger partial charge in [0.1, 0.15) is 18.7 Å². The molecule has 1 fully saturated rings. The maximum absolute atomic E-state index is 13.5. The SMILES string of the molecule is Cn1ncc2c1[C@@H](C1=NOC(CO[Si](C)(C)C(C)(C)C)C1)N1C[C@@H]2N(OCc2ccccc2)C1=O. The van der Waals surface area contributed by atoms with Crippen LogP contribution in [0.2, 0.25) is 18.1 Å². The van der Waals surface area contributed by atoms with Crippen LogP contribution in [0.4, 0.5) is 4.79 Å². The standard InChI is InChI=1S/C25H35N5O4Si/c1-25(2,3)35(5,6)33-16-18-12-20(27-34-18)23-22-19(13-26-28(22)4)21-14-29(23)24(31)30(21)32-15-17-10-8-7-9-11-17/h7-11,13,18,21,23H,12,14-16H2,1-6H3/t18?,21-,23+/m0/s1. The molecule has 3 atom stereocenters. The fourth-order valence-corrected chi connectivity index (χ4v) is 5.70. The summed E-state index contributed by atoms with van der Waals surface area (Å²) in [7, 11) is 0.0148. The summed E-state index contributed by atoms with van der Waals surface area (Å²) >= 11 is 0. The van der Waals surface area contributed by atoms with Gasteiger partial charge in [0.2, 0.25) is 0 Å². The number of carbonyl (C=O) groups excluding carboxylic acids is 1. The number of amides is 2. The minimum Gasteiger partial charge on any atom is -0.413 e. The number of hydrogen-bond acceptors (Lipinski definition) is 6. The van der Waals surface area contributed by atoms with Crippen molar-refractivity contribution >= 4 is 20.1 Å². The highest BCUT2D eigenvalue weighted by atomic mass is 28.4. The van der Waals surface area contributed by atoms with Gasteiger partial charge >= 0.3 is 6.03 Å². The summed E-state index contributed by atoms with van der Waals surface area (Å²) in [5.41, 5.74) is 3.80. The Balaban J connectivity index is 1.32. The number of rotatable bonds is 7. The van der Waals surface area contributed by atoms with E-state index in [2.05, 4.69) is 44.1 Å². The lowest BCUT2D eigenvalue weighted by molar-refractivity contribution is -0.141. The Morgan fingerprint density at radius 1 is 1.20 bits per heavy atom. The maximum atomic E-state index is 13.5. The van der Waals surface area contributed by atoms with E-state index in [1.54, 1.807) is 0 Å². The first-order valence-electron chi connectivity index (χ1n) is 12.2. The highest BCUT2D eigenvalue weighted by Crippen LogP contribution is 2.46. The zero-order valence-electron chi connectivity index (χ0n) is 21.4. The van der Waals surface area contributed by atoms with Crippen LogP contribution in [0.5, 0.6) is 0 Å². The zero-order chi connectivity index (χ0) is 25.0. The van der Waals surface area contributed by atoms with E-state index in [9.17, 15) is 4.79 Å². The van der Waals surface area contributed by atoms with Crippen LogP contribution in [-0.4, -0.2) is 59.1 Å². The van der Waals surface area contributed by atoms with E-state index in [0.717, 1.165) is 22.5 Å². The molecule has 9 nitrogen and oxygen atoms in total. The summed E-state index contributed by atoms with van der Waals surface area (Å²) in [6, 6.07) is 9.18. The Morgan fingerprint density at radius 3 is 2.66 bits per heavy atom. The lowest BCUT2D eigenvalue weighted by Gasteiger charge is -2.36. The number of oxime groups is 1. The molecule has 1 saturated heterocycles. The molecule has 3 aliphatic heterocycles. The summed E-state index contributed by atoms with van der Waals surface area (Å²) in [6.45, 7) is 12.5. The molecule has 5 rings (SSSR count). The smallest absolute Gasteiger partial charge is 0.345 e. The van der Waals surface area contributed by atoms with Gasteiger partial charge in [0.25, 0.3) is 0 Å². The van der Waals surface area contributed by atoms with Crippen LogP contribution < -0.4 is 0 Å². The molecular weight excluding hydrogens is 462 g/mol. The molecule has 0 aliphatic carbocycles. The highest BCUT2D eigenvalue weighted by molar-refractivity contribution is 6.74. The third-order valence-electron chi connectivity index (χ3n) is 7.75. The monoisotopic (exact) mass is 497 g/mol. The third-order valence-corrected chi connectivity index (χ3v) is 12.3. The lowest BCUT2D eigenvalue weighted by atomic mass is 9.93. The molecule has 4 heterocycles. The van der Waals surface area contributed by atoms with Gasteiger partial charge in [0.15, 0.2) is 14.4 Å². The van der Waals surface area contributed by atoms with Gasteiger partial charge in [0.05, 0.1) is 30.8 Å². The number of fused-ring (bicyclic) bond motifs is 4. The van der Waals surface area contributed by atoms with Crippen molar-refractivity contribution < 1.29 is 18.9 Å². The van der Waals surface area contributed by atoms with Crippen molar-refractivity contribution in [1.82, 2.24) is 19.7 Å². The van der Waals surface area contributed by atoms with Gasteiger partial charge in [-0.15, -0.1) is 0 Å². The predicted octanol–water partition coefficient (Wildman–Crippen LogP) is 4.55. The number of urea groups is 1. The Kier molecular flexibility index (Phi) is 6.01. The van der Waals surface area contributed by atoms with Crippen molar-refractivity contribution in [2.75, 3.05) is 13.2 Å². The van der Waals surface area contributed by atoms with E-state index < -0.39 is 8.32 Å². The van der Waals surface area contributed by atoms with Crippen LogP contribution in [-0.2, 0) is 27.8 Å². The van der Waals surface area contributed by atoms with E-state index in [1.807, 2.05) is 53.2 Å². The first-order chi connectivity index (χ1) is 16.6. The molecule has 0 spiro atoms. The van der Waals surface area contributed by atoms with Crippen molar-refractivity contribution in [3.63, 3.8) is 0 Å². The quantitative estimate of drug-likeness (QED) is 0.524. The number of aryl methyl sites for hydroxylation is 1. The van der Waals surface area contributed by atoms with Crippen LogP contribution in [0.15, 0.2) is 41.7 Å². The Bertz CT molecular complexity index is 1130. The summed E-state index contributed by atoms with van der Waals surface area (Å²) in [4.78, 5) is 27.2. The number of aromatic nitrogens is 2. The molecule has 188 valence electrons. The molecule has 2 aromatic rings. The fourth-order valence-electron chi connectivity index (χ4n) is 4.66. The minimum atomic E-state index is -1.89. The maximum Gasteiger partial charge on any atom is 0.345 e. The average Bonchev–Trinajstić information content (AvgIpc) is 3.50. The number of hydrogen-bond donors (Lipinski definition) is 0. The number of nitrogens with zero attached hydrogens (tertiary/aromatic N) is 5. The van der Waals surface area contributed by atoms with Gasteiger partial charge in [-0.3, -0.25) is 9.52 Å². The van der Waals surface area contributed by atoms with Gasteiger partial charge in [0, 0.05) is 19.0 Å². The number of hydroxylamine groups is 2. The van der Waals surface area contributed by atoms with Crippen LogP contribution in [0, 0.1) is 0 Å². The Hall–Kier alpha value is -2.69. The van der Waals surface area contributed by atoms with Crippen molar-refractivity contribution in [3.05, 3.63) is 53.3 Å². The lowest BCUT2D eigenvalue weighted by Crippen LogP contribution is -2.43. The number of carbonyl (C=O) groups is 1. The molecule has 0 radical (unpaired) electrons. The molecule has 0 N–H and O–H groups in total. The van der Waals surface area contributed by atoms with Gasteiger partial charge in [-0.1, -0.05) is 56.3 Å². The largest absolute Gasteiger partial charge is 0.413 e. The van der Waals surface area contributed by atoms with Gasteiger partial charge in [-0.25, -0.2) is 4.79 Å². The molecule has 3 aliphatic rings. The van der Waals surface area contributed by atoms with Crippen molar-refractivity contribution in [2.24, 2.45) is 12.2 Å². The molecule has 2 amide bonds. The molecule has 1 unspecified atom stereocenters. The van der Waals surface area contributed by atoms with E-state index in [4.69, 9.17) is 14.1 Å².